The first-order valence-corrected chi connectivity index (χ1v) is 12.0. The van der Waals surface area contributed by atoms with E-state index in [1.807, 2.05) is 24.3 Å². The van der Waals surface area contributed by atoms with Gasteiger partial charge in [0.25, 0.3) is 5.91 Å². The number of rotatable bonds is 4. The minimum Gasteiger partial charge on any atom is -0.461 e. The van der Waals surface area contributed by atoms with Crippen LogP contribution in [-0.2, 0) is 30.5 Å². The van der Waals surface area contributed by atoms with Crippen LogP contribution in [-0.4, -0.2) is 90.7 Å². The summed E-state index contributed by atoms with van der Waals surface area (Å²) < 4.78 is 13.6. The molecule has 6 atom stereocenters. The second-order valence-corrected chi connectivity index (χ2v) is 9.99. The molecule has 0 radical (unpaired) electrons. The van der Waals surface area contributed by atoms with Gasteiger partial charge in [0.2, 0.25) is 5.91 Å². The molecule has 4 aliphatic rings. The number of benzene rings is 1. The topological polar surface area (TPSA) is 127 Å². The Kier molecular flexibility index (Phi) is 5.06. The number of hydrogen-bond acceptors (Lipinski definition) is 8. The number of para-hydroxylation sites is 1. The summed E-state index contributed by atoms with van der Waals surface area (Å²) in [4.78, 5) is 44.2. The second-order valence-electron chi connectivity index (χ2n) is 9.99. The van der Waals surface area contributed by atoms with Crippen molar-refractivity contribution in [3.63, 3.8) is 0 Å². The Morgan fingerprint density at radius 2 is 1.94 bits per heavy atom. The minimum atomic E-state index is -1.39. The van der Waals surface area contributed by atoms with E-state index in [-0.39, 0.29) is 32.3 Å². The van der Waals surface area contributed by atoms with Gasteiger partial charge in [-0.2, -0.15) is 0 Å². The molecule has 188 valence electrons. The summed E-state index contributed by atoms with van der Waals surface area (Å²) in [5.74, 6) is -3.19. The van der Waals surface area contributed by atoms with E-state index in [1.165, 1.54) is 4.90 Å². The molecule has 1 spiro atoms. The van der Waals surface area contributed by atoms with E-state index in [2.05, 4.69) is 10.3 Å². The fraction of sp³-hybridized carbons (Fsp3) is 0.480. The van der Waals surface area contributed by atoms with Gasteiger partial charge in [-0.3, -0.25) is 14.4 Å². The number of cyclic esters (lactones) is 1. The molecule has 36 heavy (non-hydrogen) atoms. The molecule has 2 aromatic rings. The summed E-state index contributed by atoms with van der Waals surface area (Å²) in [5.41, 5.74) is -1.04. The summed E-state index contributed by atoms with van der Waals surface area (Å²) in [7, 11) is 0. The Morgan fingerprint density at radius 1 is 1.14 bits per heavy atom. The summed E-state index contributed by atoms with van der Waals surface area (Å²) in [6.45, 7) is 3.53. The standard InChI is InChI=1S/C25H27N5O6/c1-15(13-31)30-20-22(33)28(14-29-17-8-4-3-7-16(17)26-27-29)11-5-10-25(20)18(21(30)32)19-23(34)35-12-6-9-24(19,2)36-25/h3-10,15,18-20,31H,11-14H2,1-2H3/t15-,18+,19+,20?,24-,25+/m1/s1. The first kappa shape index (κ1) is 22.9. The van der Waals surface area contributed by atoms with Crippen molar-refractivity contribution in [1.82, 2.24) is 24.8 Å². The highest BCUT2D eigenvalue weighted by molar-refractivity contribution is 5.99. The van der Waals surface area contributed by atoms with Crippen molar-refractivity contribution in [1.29, 1.82) is 0 Å². The third kappa shape index (κ3) is 3.02. The third-order valence-electron chi connectivity index (χ3n) is 7.80. The molecule has 5 heterocycles. The highest BCUT2D eigenvalue weighted by atomic mass is 16.6. The van der Waals surface area contributed by atoms with Gasteiger partial charge in [0.1, 0.15) is 36.4 Å². The number of likely N-dealkylation sites (tertiary alicyclic amines) is 1. The Morgan fingerprint density at radius 3 is 2.75 bits per heavy atom. The van der Waals surface area contributed by atoms with E-state index in [0.29, 0.717) is 5.52 Å². The number of nitrogens with zero attached hydrogens (tertiary/aromatic N) is 5. The maximum atomic E-state index is 14.2. The van der Waals surface area contributed by atoms with E-state index in [9.17, 15) is 19.5 Å². The second kappa shape index (κ2) is 7.97. The van der Waals surface area contributed by atoms with Crippen LogP contribution in [0.4, 0.5) is 0 Å². The highest BCUT2D eigenvalue weighted by Gasteiger charge is 2.75. The molecule has 2 saturated heterocycles. The molecular formula is C25H27N5O6. The number of hydrogen-bond donors (Lipinski definition) is 1. The first-order valence-electron chi connectivity index (χ1n) is 12.0. The van der Waals surface area contributed by atoms with Crippen LogP contribution >= 0.6 is 0 Å². The maximum absolute atomic E-state index is 14.2. The number of aliphatic hydroxyl groups excluding tert-OH is 1. The van der Waals surface area contributed by atoms with Crippen molar-refractivity contribution in [2.75, 3.05) is 19.8 Å². The van der Waals surface area contributed by atoms with Crippen LogP contribution in [0.3, 0.4) is 0 Å². The van der Waals surface area contributed by atoms with Crippen LogP contribution in [0.15, 0.2) is 48.6 Å². The summed E-state index contributed by atoms with van der Waals surface area (Å²) >= 11 is 0. The molecule has 0 aliphatic carbocycles. The van der Waals surface area contributed by atoms with Gasteiger partial charge in [-0.15, -0.1) is 5.10 Å². The van der Waals surface area contributed by atoms with Crippen LogP contribution in [0.1, 0.15) is 13.8 Å². The fourth-order valence-electron chi connectivity index (χ4n) is 6.21. The molecule has 1 N–H and O–H groups in total. The molecule has 4 aliphatic heterocycles. The number of carbonyl (C=O) groups excluding carboxylic acids is 3. The largest absolute Gasteiger partial charge is 0.461 e. The zero-order valence-electron chi connectivity index (χ0n) is 20.0. The molecule has 11 nitrogen and oxygen atoms in total. The van der Waals surface area contributed by atoms with Crippen LogP contribution in [0.5, 0.6) is 0 Å². The van der Waals surface area contributed by atoms with Gasteiger partial charge in [-0.25, -0.2) is 4.68 Å². The first-order chi connectivity index (χ1) is 17.3. The average molecular weight is 494 g/mol. The number of fused-ring (bicyclic) bond motifs is 3. The number of amides is 2. The zero-order valence-corrected chi connectivity index (χ0v) is 20.0. The predicted molar refractivity (Wildman–Crippen MR) is 125 cm³/mol. The SMILES string of the molecule is C[C@H](CO)N1C(=O)[C@@H]2[C@H]3C(=O)OCC=C[C@@]3(C)O[C@@]23C=CCN(Cn2nnc4ccccc42)C(=O)C13. The van der Waals surface area contributed by atoms with E-state index >= 15 is 0 Å². The third-order valence-corrected chi connectivity index (χ3v) is 7.80. The molecule has 1 aromatic heterocycles. The van der Waals surface area contributed by atoms with Gasteiger partial charge in [-0.1, -0.05) is 35.6 Å². The number of esters is 1. The smallest absolute Gasteiger partial charge is 0.313 e. The quantitative estimate of drug-likeness (QED) is 0.475. The lowest BCUT2D eigenvalue weighted by Crippen LogP contribution is -2.58. The number of aromatic nitrogens is 3. The van der Waals surface area contributed by atoms with Crippen molar-refractivity contribution in [2.45, 2.75) is 43.8 Å². The minimum absolute atomic E-state index is 0.0940. The number of ether oxygens (including phenoxy) is 2. The molecular weight excluding hydrogens is 466 g/mol. The Balaban J connectivity index is 1.44. The Hall–Kier alpha value is -3.57. The van der Waals surface area contributed by atoms with Gasteiger partial charge in [0.15, 0.2) is 0 Å². The molecule has 1 unspecified atom stereocenters. The lowest BCUT2D eigenvalue weighted by molar-refractivity contribution is -0.160. The van der Waals surface area contributed by atoms with Crippen LogP contribution in [0, 0.1) is 11.8 Å². The lowest BCUT2D eigenvalue weighted by atomic mass is 9.75. The van der Waals surface area contributed by atoms with E-state index in [1.54, 1.807) is 47.7 Å². The molecule has 6 rings (SSSR count). The number of aliphatic hydroxyl groups is 1. The Bertz CT molecular complexity index is 1320. The van der Waals surface area contributed by atoms with Crippen molar-refractivity contribution in [3.8, 4) is 0 Å². The van der Waals surface area contributed by atoms with Crippen molar-refractivity contribution in [3.05, 3.63) is 48.6 Å². The van der Waals surface area contributed by atoms with Crippen molar-refractivity contribution < 1.29 is 29.0 Å². The molecule has 2 amide bonds. The van der Waals surface area contributed by atoms with E-state index in [0.717, 1.165) is 5.52 Å². The summed E-state index contributed by atoms with van der Waals surface area (Å²) in [6, 6.07) is 5.71. The van der Waals surface area contributed by atoms with Crippen molar-refractivity contribution in [2.24, 2.45) is 11.8 Å². The van der Waals surface area contributed by atoms with Gasteiger partial charge in [-0.05, 0) is 32.1 Å². The van der Waals surface area contributed by atoms with E-state index < -0.39 is 47.0 Å². The lowest BCUT2D eigenvalue weighted by Gasteiger charge is -2.39. The monoisotopic (exact) mass is 493 g/mol. The van der Waals surface area contributed by atoms with Crippen molar-refractivity contribution >= 4 is 28.8 Å². The van der Waals surface area contributed by atoms with E-state index in [4.69, 9.17) is 9.47 Å². The normalized spacial score (nSPS) is 34.3. The Labute approximate surface area is 206 Å². The van der Waals surface area contributed by atoms with Gasteiger partial charge >= 0.3 is 5.97 Å². The maximum Gasteiger partial charge on any atom is 0.313 e. The molecule has 2 fully saturated rings. The average Bonchev–Trinajstić information content (AvgIpc) is 3.39. The molecule has 0 saturated carbocycles. The molecule has 1 aromatic carbocycles. The van der Waals surface area contributed by atoms with Gasteiger partial charge in [0.05, 0.1) is 29.7 Å². The highest BCUT2D eigenvalue weighted by Crippen LogP contribution is 2.57. The molecule has 0 bridgehead atoms. The van der Waals surface area contributed by atoms with Crippen LogP contribution in [0.2, 0.25) is 0 Å². The zero-order chi connectivity index (χ0) is 25.2. The van der Waals surface area contributed by atoms with Crippen LogP contribution in [0.25, 0.3) is 11.0 Å². The fourth-order valence-corrected chi connectivity index (χ4v) is 6.21. The molecule has 11 heteroatoms. The predicted octanol–water partition coefficient (Wildman–Crippen LogP) is 0.252. The summed E-state index contributed by atoms with van der Waals surface area (Å²) in [6.07, 6.45) is 7.01. The van der Waals surface area contributed by atoms with Gasteiger partial charge in [0, 0.05) is 6.54 Å². The summed E-state index contributed by atoms with van der Waals surface area (Å²) in [5, 5.41) is 18.4. The van der Waals surface area contributed by atoms with Gasteiger partial charge < -0.3 is 24.4 Å². The number of carbonyl (C=O) groups is 3. The van der Waals surface area contributed by atoms with Crippen LogP contribution < -0.4 is 0 Å².